The summed E-state index contributed by atoms with van der Waals surface area (Å²) in [5.74, 6) is 2.62. The van der Waals surface area contributed by atoms with E-state index < -0.39 is 0 Å². The van der Waals surface area contributed by atoms with Gasteiger partial charge in [0.15, 0.2) is 5.82 Å². The number of carbonyl (C=O) groups is 1. The molecule has 3 heterocycles. The molecule has 28 heavy (non-hydrogen) atoms. The van der Waals surface area contributed by atoms with E-state index >= 15 is 0 Å². The molecular formula is C20H30N6O2. The van der Waals surface area contributed by atoms with Gasteiger partial charge in [-0.05, 0) is 38.7 Å². The molecule has 1 aliphatic heterocycles. The molecule has 2 aliphatic rings. The number of amides is 1. The minimum atomic E-state index is -0.262. The van der Waals surface area contributed by atoms with Crippen molar-refractivity contribution in [2.24, 2.45) is 5.41 Å². The fourth-order valence-electron chi connectivity index (χ4n) is 4.63. The van der Waals surface area contributed by atoms with Gasteiger partial charge in [-0.25, -0.2) is 0 Å². The smallest absolute Gasteiger partial charge is 0.231 e. The quantitative estimate of drug-likeness (QED) is 0.728. The van der Waals surface area contributed by atoms with Crippen molar-refractivity contribution in [3.8, 4) is 0 Å². The molecule has 1 aliphatic carbocycles. The van der Waals surface area contributed by atoms with Gasteiger partial charge < -0.3 is 14.2 Å². The number of nitrogens with zero attached hydrogens (tertiary/aromatic N) is 6. The van der Waals surface area contributed by atoms with E-state index in [0.29, 0.717) is 19.1 Å². The minimum Gasteiger partial charge on any atom is -0.384 e. The number of hydrogen-bond acceptors (Lipinski definition) is 5. The van der Waals surface area contributed by atoms with Gasteiger partial charge in [0.05, 0.1) is 12.0 Å². The normalized spacial score (nSPS) is 19.6. The van der Waals surface area contributed by atoms with E-state index in [0.717, 1.165) is 63.4 Å². The second-order valence-corrected chi connectivity index (χ2v) is 8.06. The number of aromatic nitrogens is 5. The van der Waals surface area contributed by atoms with Crippen LogP contribution in [0.2, 0.25) is 0 Å². The van der Waals surface area contributed by atoms with Crippen LogP contribution in [0.1, 0.15) is 56.6 Å². The number of rotatable bonds is 7. The van der Waals surface area contributed by atoms with Gasteiger partial charge in [0.25, 0.3) is 0 Å². The summed E-state index contributed by atoms with van der Waals surface area (Å²) in [5.41, 5.74) is -0.262. The highest BCUT2D eigenvalue weighted by molar-refractivity contribution is 5.84. The van der Waals surface area contributed by atoms with Gasteiger partial charge in [-0.15, -0.1) is 10.2 Å². The van der Waals surface area contributed by atoms with Crippen LogP contribution in [0.3, 0.4) is 0 Å². The molecule has 1 amide bonds. The predicted octanol–water partition coefficient (Wildman–Crippen LogP) is 2.07. The SMILES string of the molecule is CCn1c(Cn2cccn2)nnc1C1CCN(C(=O)C2(COC)CCC2)CC1. The van der Waals surface area contributed by atoms with Crippen LogP contribution in [0.25, 0.3) is 0 Å². The molecule has 8 heteroatoms. The molecule has 1 saturated carbocycles. The molecule has 8 nitrogen and oxygen atoms in total. The Hall–Kier alpha value is -2.22. The summed E-state index contributed by atoms with van der Waals surface area (Å²) in [7, 11) is 1.69. The van der Waals surface area contributed by atoms with Crippen LogP contribution in [0.15, 0.2) is 18.5 Å². The summed E-state index contributed by atoms with van der Waals surface area (Å²) in [5, 5.41) is 13.2. The van der Waals surface area contributed by atoms with Gasteiger partial charge in [-0.1, -0.05) is 6.42 Å². The number of hydrogen-bond donors (Lipinski definition) is 0. The first-order valence-electron chi connectivity index (χ1n) is 10.3. The van der Waals surface area contributed by atoms with E-state index in [1.165, 1.54) is 0 Å². The van der Waals surface area contributed by atoms with E-state index in [9.17, 15) is 4.79 Å². The summed E-state index contributed by atoms with van der Waals surface area (Å²) >= 11 is 0. The molecule has 0 unspecified atom stereocenters. The van der Waals surface area contributed by atoms with Gasteiger partial charge in [0.1, 0.15) is 12.4 Å². The van der Waals surface area contributed by atoms with Gasteiger partial charge in [-0.3, -0.25) is 9.48 Å². The lowest BCUT2D eigenvalue weighted by atomic mass is 9.68. The second kappa shape index (κ2) is 8.03. The number of piperidine rings is 1. The van der Waals surface area contributed by atoms with Crippen LogP contribution in [0.5, 0.6) is 0 Å². The van der Waals surface area contributed by atoms with Crippen LogP contribution < -0.4 is 0 Å². The fourth-order valence-corrected chi connectivity index (χ4v) is 4.63. The Bertz CT molecular complexity index is 788. The lowest BCUT2D eigenvalue weighted by Gasteiger charge is -2.44. The van der Waals surface area contributed by atoms with E-state index in [2.05, 4.69) is 26.8 Å². The molecule has 2 aromatic rings. The zero-order valence-corrected chi connectivity index (χ0v) is 16.9. The molecule has 2 fully saturated rings. The summed E-state index contributed by atoms with van der Waals surface area (Å²) < 4.78 is 9.43. The third-order valence-corrected chi connectivity index (χ3v) is 6.37. The first kappa shape index (κ1) is 19.1. The predicted molar refractivity (Wildman–Crippen MR) is 104 cm³/mol. The monoisotopic (exact) mass is 386 g/mol. The molecule has 2 aromatic heterocycles. The molecule has 1 saturated heterocycles. The molecular weight excluding hydrogens is 356 g/mol. The molecule has 4 rings (SSSR count). The van der Waals surface area contributed by atoms with E-state index in [-0.39, 0.29) is 11.3 Å². The third-order valence-electron chi connectivity index (χ3n) is 6.37. The van der Waals surface area contributed by atoms with Gasteiger partial charge >= 0.3 is 0 Å². The lowest BCUT2D eigenvalue weighted by molar-refractivity contribution is -0.153. The van der Waals surface area contributed by atoms with Crippen molar-refractivity contribution in [3.63, 3.8) is 0 Å². The maximum atomic E-state index is 13.0. The molecule has 0 bridgehead atoms. The lowest BCUT2D eigenvalue weighted by Crippen LogP contribution is -2.52. The van der Waals surface area contributed by atoms with Crippen molar-refractivity contribution >= 4 is 5.91 Å². The fraction of sp³-hybridized carbons (Fsp3) is 0.700. The van der Waals surface area contributed by atoms with Crippen molar-refractivity contribution in [1.82, 2.24) is 29.4 Å². The molecule has 0 spiro atoms. The largest absolute Gasteiger partial charge is 0.384 e. The maximum Gasteiger partial charge on any atom is 0.231 e. The van der Waals surface area contributed by atoms with Gasteiger partial charge in [-0.2, -0.15) is 5.10 Å². The van der Waals surface area contributed by atoms with E-state index in [1.807, 2.05) is 21.8 Å². The minimum absolute atomic E-state index is 0.262. The summed E-state index contributed by atoms with van der Waals surface area (Å²) in [6.07, 6.45) is 8.64. The average Bonchev–Trinajstić information content (AvgIpc) is 3.34. The topological polar surface area (TPSA) is 78.1 Å². The number of carbonyl (C=O) groups excluding carboxylic acids is 1. The molecule has 152 valence electrons. The standard InChI is InChI=1S/C20H30N6O2/c1-3-26-17(14-25-11-5-10-21-25)22-23-18(26)16-6-12-24(13-7-16)19(27)20(15-28-2)8-4-9-20/h5,10-11,16H,3-4,6-9,12-15H2,1-2H3. The van der Waals surface area contributed by atoms with Crippen LogP contribution in [-0.4, -0.2) is 62.2 Å². The van der Waals surface area contributed by atoms with Gasteiger partial charge in [0, 0.05) is 45.1 Å². The molecule has 0 aromatic carbocycles. The Labute approximate surface area is 165 Å². The van der Waals surface area contributed by atoms with Crippen LogP contribution >= 0.6 is 0 Å². The number of likely N-dealkylation sites (tertiary alicyclic amines) is 1. The van der Waals surface area contributed by atoms with Crippen molar-refractivity contribution < 1.29 is 9.53 Å². The van der Waals surface area contributed by atoms with Gasteiger partial charge in [0.2, 0.25) is 5.91 Å². The highest BCUT2D eigenvalue weighted by atomic mass is 16.5. The van der Waals surface area contributed by atoms with Crippen molar-refractivity contribution in [1.29, 1.82) is 0 Å². The van der Waals surface area contributed by atoms with Crippen molar-refractivity contribution in [2.45, 2.75) is 58.0 Å². The molecule has 0 N–H and O–H groups in total. The Balaban J connectivity index is 1.41. The summed E-state index contributed by atoms with van der Waals surface area (Å²) in [6, 6.07) is 1.92. The first-order chi connectivity index (χ1) is 13.7. The van der Waals surface area contributed by atoms with Crippen molar-refractivity contribution in [3.05, 3.63) is 30.1 Å². The zero-order valence-electron chi connectivity index (χ0n) is 16.9. The Morgan fingerprint density at radius 1 is 1.29 bits per heavy atom. The average molecular weight is 387 g/mol. The first-order valence-corrected chi connectivity index (χ1v) is 10.3. The van der Waals surface area contributed by atoms with Crippen LogP contribution in [0.4, 0.5) is 0 Å². The molecule has 0 radical (unpaired) electrons. The van der Waals surface area contributed by atoms with Crippen LogP contribution in [0, 0.1) is 5.41 Å². The summed E-state index contributed by atoms with van der Waals surface area (Å²) in [4.78, 5) is 15.1. The van der Waals surface area contributed by atoms with E-state index in [1.54, 1.807) is 13.3 Å². The second-order valence-electron chi connectivity index (χ2n) is 8.06. The Kier molecular flexibility index (Phi) is 5.48. The summed E-state index contributed by atoms with van der Waals surface area (Å²) in [6.45, 7) is 5.73. The highest BCUT2D eigenvalue weighted by Crippen LogP contribution is 2.43. The molecule has 0 atom stereocenters. The van der Waals surface area contributed by atoms with Crippen molar-refractivity contribution in [2.75, 3.05) is 26.8 Å². The number of ether oxygens (including phenoxy) is 1. The maximum absolute atomic E-state index is 13.0. The Morgan fingerprint density at radius 3 is 2.64 bits per heavy atom. The van der Waals surface area contributed by atoms with Crippen LogP contribution in [-0.2, 0) is 22.6 Å². The highest BCUT2D eigenvalue weighted by Gasteiger charge is 2.47. The number of methoxy groups -OCH3 is 1. The third kappa shape index (κ3) is 3.45. The Morgan fingerprint density at radius 2 is 2.07 bits per heavy atom. The van der Waals surface area contributed by atoms with E-state index in [4.69, 9.17) is 4.74 Å². The zero-order chi connectivity index (χ0) is 19.6.